The quantitative estimate of drug-likeness (QED) is 0.330. The third-order valence-corrected chi connectivity index (χ3v) is 2.58. The highest BCUT2D eigenvalue weighted by atomic mass is 16.5. The molecule has 0 saturated carbocycles. The highest BCUT2D eigenvalue weighted by molar-refractivity contribution is 5.79. The van der Waals surface area contributed by atoms with Crippen LogP contribution in [0.2, 0.25) is 0 Å². The van der Waals surface area contributed by atoms with Crippen molar-refractivity contribution in [1.82, 2.24) is 10.6 Å². The minimum atomic E-state index is 0.303. The molecule has 0 radical (unpaired) electrons. The van der Waals surface area contributed by atoms with Crippen molar-refractivity contribution in [2.75, 3.05) is 39.5 Å². The summed E-state index contributed by atoms with van der Waals surface area (Å²) in [5.41, 5.74) is 0. The second kappa shape index (κ2) is 14.1. The highest BCUT2D eigenvalue weighted by Crippen LogP contribution is 1.94. The fourth-order valence-corrected chi connectivity index (χ4v) is 1.62. The van der Waals surface area contributed by atoms with E-state index in [9.17, 15) is 0 Å². The van der Waals surface area contributed by atoms with E-state index in [1.165, 1.54) is 0 Å². The molecule has 21 heavy (non-hydrogen) atoms. The second-order valence-corrected chi connectivity index (χ2v) is 5.78. The maximum absolute atomic E-state index is 5.55. The van der Waals surface area contributed by atoms with E-state index in [4.69, 9.17) is 9.47 Å². The van der Waals surface area contributed by atoms with Gasteiger partial charge < -0.3 is 20.1 Å². The lowest BCUT2D eigenvalue weighted by atomic mass is 10.2. The molecule has 0 fully saturated rings. The van der Waals surface area contributed by atoms with E-state index in [2.05, 4.69) is 50.2 Å². The summed E-state index contributed by atoms with van der Waals surface area (Å²) >= 11 is 0. The summed E-state index contributed by atoms with van der Waals surface area (Å²) in [6, 6.07) is 0. The number of guanidine groups is 1. The molecule has 0 heterocycles. The summed E-state index contributed by atoms with van der Waals surface area (Å²) in [6.07, 6.45) is 2.25. The topological polar surface area (TPSA) is 54.9 Å². The summed E-state index contributed by atoms with van der Waals surface area (Å²) in [6.45, 7) is 15.4. The number of ether oxygens (including phenoxy) is 2. The predicted molar refractivity (Wildman–Crippen MR) is 90.0 cm³/mol. The van der Waals surface area contributed by atoms with Crippen molar-refractivity contribution < 1.29 is 9.47 Å². The van der Waals surface area contributed by atoms with Crippen LogP contribution in [0.1, 0.15) is 47.5 Å². The van der Waals surface area contributed by atoms with Gasteiger partial charge in [0.1, 0.15) is 0 Å². The van der Waals surface area contributed by atoms with Gasteiger partial charge in [-0.25, -0.2) is 0 Å². The molecule has 5 nitrogen and oxygen atoms in total. The maximum atomic E-state index is 5.55. The lowest BCUT2D eigenvalue weighted by Gasteiger charge is -2.12. The van der Waals surface area contributed by atoms with E-state index in [0.29, 0.717) is 12.0 Å². The molecule has 0 saturated heterocycles. The summed E-state index contributed by atoms with van der Waals surface area (Å²) in [5, 5.41) is 6.57. The third-order valence-electron chi connectivity index (χ3n) is 2.58. The molecule has 0 aliphatic rings. The Balaban J connectivity index is 3.70. The lowest BCUT2D eigenvalue weighted by molar-refractivity contribution is 0.0776. The molecule has 0 aliphatic carbocycles. The van der Waals surface area contributed by atoms with Gasteiger partial charge in [-0.05, 0) is 39.5 Å². The Hall–Kier alpha value is -0.810. The van der Waals surface area contributed by atoms with E-state index < -0.39 is 0 Å². The van der Waals surface area contributed by atoms with Crippen LogP contribution in [0.15, 0.2) is 4.99 Å². The SMILES string of the molecule is CCNC(=NCCCOCC(C)C)NCCCOC(C)C. The maximum Gasteiger partial charge on any atom is 0.191 e. The summed E-state index contributed by atoms with van der Waals surface area (Å²) in [7, 11) is 0. The molecule has 0 aromatic heterocycles. The molecule has 2 N–H and O–H groups in total. The van der Waals surface area contributed by atoms with Gasteiger partial charge in [-0.1, -0.05) is 13.8 Å². The number of nitrogens with one attached hydrogen (secondary N) is 2. The van der Waals surface area contributed by atoms with Crippen LogP contribution in [0.4, 0.5) is 0 Å². The summed E-state index contributed by atoms with van der Waals surface area (Å²) in [4.78, 5) is 4.54. The van der Waals surface area contributed by atoms with E-state index in [0.717, 1.165) is 58.3 Å². The van der Waals surface area contributed by atoms with E-state index in [1.807, 2.05) is 0 Å². The molecule has 0 aromatic carbocycles. The second-order valence-electron chi connectivity index (χ2n) is 5.78. The van der Waals surface area contributed by atoms with Crippen molar-refractivity contribution in [2.45, 2.75) is 53.6 Å². The standard InChI is InChI=1S/C16H35N3O2/c1-6-17-16(19-10-8-12-21-15(4)5)18-9-7-11-20-13-14(2)3/h14-15H,6-13H2,1-5H3,(H2,17,18,19). The van der Waals surface area contributed by atoms with E-state index in [-0.39, 0.29) is 0 Å². The number of hydrogen-bond donors (Lipinski definition) is 2. The average Bonchev–Trinajstić information content (AvgIpc) is 2.41. The monoisotopic (exact) mass is 301 g/mol. The zero-order valence-electron chi connectivity index (χ0n) is 14.6. The number of aliphatic imine (C=N–C) groups is 1. The molecular formula is C16H35N3O2. The van der Waals surface area contributed by atoms with Crippen LogP contribution in [0.5, 0.6) is 0 Å². The third kappa shape index (κ3) is 15.4. The van der Waals surface area contributed by atoms with Gasteiger partial charge in [-0.15, -0.1) is 0 Å². The van der Waals surface area contributed by atoms with Gasteiger partial charge in [-0.2, -0.15) is 0 Å². The number of rotatable bonds is 12. The van der Waals surface area contributed by atoms with Crippen LogP contribution in [0, 0.1) is 5.92 Å². The number of nitrogens with zero attached hydrogens (tertiary/aromatic N) is 1. The molecule has 0 aliphatic heterocycles. The first kappa shape index (κ1) is 20.2. The predicted octanol–water partition coefficient (Wildman–Crippen LogP) is 2.42. The van der Waals surface area contributed by atoms with Crippen molar-refractivity contribution in [1.29, 1.82) is 0 Å². The fraction of sp³-hybridized carbons (Fsp3) is 0.938. The normalized spacial score (nSPS) is 12.2. The average molecular weight is 301 g/mol. The fourth-order valence-electron chi connectivity index (χ4n) is 1.62. The molecular weight excluding hydrogens is 266 g/mol. The molecule has 0 aromatic rings. The Morgan fingerprint density at radius 2 is 1.81 bits per heavy atom. The van der Waals surface area contributed by atoms with Crippen LogP contribution in [-0.4, -0.2) is 51.5 Å². The van der Waals surface area contributed by atoms with E-state index >= 15 is 0 Å². The van der Waals surface area contributed by atoms with Crippen molar-refractivity contribution in [3.05, 3.63) is 0 Å². The van der Waals surface area contributed by atoms with Crippen LogP contribution in [-0.2, 0) is 9.47 Å². The molecule has 0 atom stereocenters. The van der Waals surface area contributed by atoms with Gasteiger partial charge >= 0.3 is 0 Å². The largest absolute Gasteiger partial charge is 0.381 e. The van der Waals surface area contributed by atoms with Gasteiger partial charge in [0.25, 0.3) is 0 Å². The summed E-state index contributed by atoms with van der Waals surface area (Å²) in [5.74, 6) is 1.48. The first-order valence-corrected chi connectivity index (χ1v) is 8.27. The lowest BCUT2D eigenvalue weighted by Crippen LogP contribution is -2.38. The van der Waals surface area contributed by atoms with Crippen molar-refractivity contribution in [3.8, 4) is 0 Å². The summed E-state index contributed by atoms with van der Waals surface area (Å²) < 4.78 is 11.1. The molecule has 0 amide bonds. The Labute approximate surface area is 130 Å². The molecule has 0 unspecified atom stereocenters. The van der Waals surface area contributed by atoms with E-state index in [1.54, 1.807) is 0 Å². The van der Waals surface area contributed by atoms with Crippen LogP contribution in [0.25, 0.3) is 0 Å². The van der Waals surface area contributed by atoms with Crippen molar-refractivity contribution in [3.63, 3.8) is 0 Å². The zero-order valence-corrected chi connectivity index (χ0v) is 14.6. The van der Waals surface area contributed by atoms with Gasteiger partial charge in [0, 0.05) is 39.5 Å². The number of hydrogen-bond acceptors (Lipinski definition) is 3. The molecule has 0 spiro atoms. The Bertz CT molecular complexity index is 256. The highest BCUT2D eigenvalue weighted by Gasteiger charge is 1.98. The van der Waals surface area contributed by atoms with Crippen LogP contribution < -0.4 is 10.6 Å². The molecule has 0 rings (SSSR count). The minimum Gasteiger partial charge on any atom is -0.381 e. The molecule has 0 bridgehead atoms. The Kier molecular flexibility index (Phi) is 13.6. The van der Waals surface area contributed by atoms with Crippen molar-refractivity contribution >= 4 is 5.96 Å². The Morgan fingerprint density at radius 3 is 2.43 bits per heavy atom. The van der Waals surface area contributed by atoms with Crippen molar-refractivity contribution in [2.24, 2.45) is 10.9 Å². The zero-order chi connectivity index (χ0) is 15.9. The van der Waals surface area contributed by atoms with Crippen LogP contribution >= 0.6 is 0 Å². The Morgan fingerprint density at radius 1 is 1.05 bits per heavy atom. The van der Waals surface area contributed by atoms with Gasteiger partial charge in [-0.3, -0.25) is 4.99 Å². The van der Waals surface area contributed by atoms with Crippen LogP contribution in [0.3, 0.4) is 0 Å². The smallest absolute Gasteiger partial charge is 0.191 e. The van der Waals surface area contributed by atoms with Gasteiger partial charge in [0.15, 0.2) is 5.96 Å². The van der Waals surface area contributed by atoms with Gasteiger partial charge in [0.05, 0.1) is 6.10 Å². The molecule has 126 valence electrons. The molecule has 5 heteroatoms. The minimum absolute atomic E-state index is 0.303. The first-order valence-electron chi connectivity index (χ1n) is 8.27. The first-order chi connectivity index (χ1) is 10.1. The van der Waals surface area contributed by atoms with Gasteiger partial charge in [0.2, 0.25) is 0 Å².